The topological polar surface area (TPSA) is 101 Å². The first-order chi connectivity index (χ1) is 20.1. The molecule has 6 rings (SSSR count). The van der Waals surface area contributed by atoms with Gasteiger partial charge in [0.1, 0.15) is 24.5 Å². The lowest BCUT2D eigenvalue weighted by atomic mass is 9.97. The summed E-state index contributed by atoms with van der Waals surface area (Å²) in [6.45, 7) is 0.827. The van der Waals surface area contributed by atoms with Gasteiger partial charge in [-0.15, -0.1) is 0 Å². The monoisotopic (exact) mass is 551 g/mol. The number of benzene rings is 2. The Morgan fingerprint density at radius 3 is 2.80 bits per heavy atom. The Hall–Kier alpha value is -5.05. The van der Waals surface area contributed by atoms with Crippen LogP contribution in [-0.4, -0.2) is 28.2 Å². The SMILES string of the molecule is O=C(COc1ccc2c(c1)CCn1c-2cc(OC(C2=CC=CCC2)C2=COC=CO2)nc1=O)NCc1ccccc1. The van der Waals surface area contributed by atoms with Crippen molar-refractivity contribution in [2.24, 2.45) is 0 Å². The second kappa shape index (κ2) is 12.0. The minimum absolute atomic E-state index is 0.0904. The summed E-state index contributed by atoms with van der Waals surface area (Å²) in [4.78, 5) is 29.6. The minimum Gasteiger partial charge on any atom is -0.484 e. The fourth-order valence-corrected chi connectivity index (χ4v) is 5.00. The second-order valence-corrected chi connectivity index (χ2v) is 9.79. The van der Waals surface area contributed by atoms with Gasteiger partial charge < -0.3 is 24.3 Å². The van der Waals surface area contributed by atoms with E-state index in [2.05, 4.69) is 16.4 Å². The van der Waals surface area contributed by atoms with Gasteiger partial charge in [0.25, 0.3) is 5.91 Å². The second-order valence-electron chi connectivity index (χ2n) is 9.79. The van der Waals surface area contributed by atoms with E-state index in [9.17, 15) is 9.59 Å². The number of hydrogen-bond donors (Lipinski definition) is 1. The number of allylic oxidation sites excluding steroid dienone is 3. The summed E-state index contributed by atoms with van der Waals surface area (Å²) in [5.41, 5.74) is 4.24. The van der Waals surface area contributed by atoms with Gasteiger partial charge in [0, 0.05) is 24.7 Å². The van der Waals surface area contributed by atoms with Crippen molar-refractivity contribution in [2.75, 3.05) is 6.61 Å². The molecule has 1 amide bonds. The fourth-order valence-electron chi connectivity index (χ4n) is 5.00. The molecule has 1 unspecified atom stereocenters. The maximum Gasteiger partial charge on any atom is 0.351 e. The van der Waals surface area contributed by atoms with Gasteiger partial charge in [-0.05, 0) is 54.2 Å². The van der Waals surface area contributed by atoms with Gasteiger partial charge >= 0.3 is 5.69 Å². The number of ether oxygens (including phenoxy) is 4. The molecular formula is C32H29N3O6. The number of nitrogens with one attached hydrogen (secondary N) is 1. The summed E-state index contributed by atoms with van der Waals surface area (Å²) in [5, 5.41) is 2.86. The van der Waals surface area contributed by atoms with Gasteiger partial charge in [-0.25, -0.2) is 4.79 Å². The van der Waals surface area contributed by atoms with Crippen LogP contribution in [0.4, 0.5) is 0 Å². The van der Waals surface area contributed by atoms with Crippen LogP contribution in [0.5, 0.6) is 11.6 Å². The number of fused-ring (bicyclic) bond motifs is 3. The Kier molecular flexibility index (Phi) is 7.66. The number of amides is 1. The molecule has 1 aromatic heterocycles. The van der Waals surface area contributed by atoms with Crippen LogP contribution in [0, 0.1) is 0 Å². The number of aromatic nitrogens is 2. The third-order valence-electron chi connectivity index (χ3n) is 7.05. The van der Waals surface area contributed by atoms with E-state index < -0.39 is 6.10 Å². The number of carbonyl (C=O) groups is 1. The summed E-state index contributed by atoms with van der Waals surface area (Å²) >= 11 is 0. The third kappa shape index (κ3) is 6.09. The van der Waals surface area contributed by atoms with E-state index in [1.807, 2.05) is 54.6 Å². The Morgan fingerprint density at radius 1 is 1.10 bits per heavy atom. The van der Waals surface area contributed by atoms with Gasteiger partial charge in [-0.1, -0.05) is 48.6 Å². The highest BCUT2D eigenvalue weighted by molar-refractivity contribution is 5.77. The molecule has 208 valence electrons. The van der Waals surface area contributed by atoms with Gasteiger partial charge in [0.15, 0.2) is 18.5 Å². The molecule has 41 heavy (non-hydrogen) atoms. The first-order valence-electron chi connectivity index (χ1n) is 13.5. The van der Waals surface area contributed by atoms with Crippen molar-refractivity contribution in [1.82, 2.24) is 14.9 Å². The standard InChI is InChI=1S/C32H29N3O6/c36-29(33-19-22-7-3-1-4-8-22)21-40-25-11-12-26-24(17-25)13-14-35-27(26)18-30(34-32(35)37)41-31(23-9-5-2-6-10-23)28-20-38-15-16-39-28/h1-5,7-9,11-12,15-18,20,31H,6,10,13-14,19,21H2,(H,33,36). The van der Waals surface area contributed by atoms with Crippen LogP contribution in [0.15, 0.2) is 108 Å². The molecule has 3 heterocycles. The minimum atomic E-state index is -0.591. The highest BCUT2D eigenvalue weighted by Crippen LogP contribution is 2.34. The smallest absolute Gasteiger partial charge is 0.351 e. The third-order valence-corrected chi connectivity index (χ3v) is 7.05. The Morgan fingerprint density at radius 2 is 2.00 bits per heavy atom. The molecule has 3 aliphatic rings. The van der Waals surface area contributed by atoms with Gasteiger partial charge in [0.05, 0.1) is 5.69 Å². The van der Waals surface area contributed by atoms with Gasteiger partial charge in [-0.2, -0.15) is 4.98 Å². The molecule has 9 heteroatoms. The van der Waals surface area contributed by atoms with Crippen LogP contribution >= 0.6 is 0 Å². The molecule has 0 radical (unpaired) electrons. The van der Waals surface area contributed by atoms with Gasteiger partial charge in [0.2, 0.25) is 5.88 Å². The Bertz CT molecular complexity index is 1620. The highest BCUT2D eigenvalue weighted by Gasteiger charge is 2.27. The lowest BCUT2D eigenvalue weighted by Gasteiger charge is -2.26. The van der Waals surface area contributed by atoms with Crippen molar-refractivity contribution in [3.05, 3.63) is 125 Å². The Balaban J connectivity index is 1.19. The number of hydrogen-bond acceptors (Lipinski definition) is 7. The number of carbonyl (C=O) groups excluding carboxylic acids is 1. The maximum absolute atomic E-state index is 13.0. The van der Waals surface area contributed by atoms with Crippen LogP contribution in [0.25, 0.3) is 11.3 Å². The molecule has 0 fully saturated rings. The van der Waals surface area contributed by atoms with Gasteiger partial charge in [-0.3, -0.25) is 9.36 Å². The molecule has 2 aromatic carbocycles. The van der Waals surface area contributed by atoms with E-state index in [1.54, 1.807) is 16.7 Å². The van der Waals surface area contributed by atoms with Crippen molar-refractivity contribution in [1.29, 1.82) is 0 Å². The molecule has 0 spiro atoms. The zero-order chi connectivity index (χ0) is 28.0. The predicted molar refractivity (Wildman–Crippen MR) is 152 cm³/mol. The molecule has 9 nitrogen and oxygen atoms in total. The summed E-state index contributed by atoms with van der Waals surface area (Å²) in [6.07, 6.45) is 12.1. The summed E-state index contributed by atoms with van der Waals surface area (Å²) in [6, 6.07) is 17.1. The average Bonchev–Trinajstić information content (AvgIpc) is 3.02. The zero-order valence-corrected chi connectivity index (χ0v) is 22.3. The van der Waals surface area contributed by atoms with E-state index in [4.69, 9.17) is 18.9 Å². The fraction of sp³-hybridized carbons (Fsp3) is 0.219. The molecule has 0 bridgehead atoms. The van der Waals surface area contributed by atoms with Crippen molar-refractivity contribution in [2.45, 2.75) is 38.5 Å². The summed E-state index contributed by atoms with van der Waals surface area (Å²) in [5.74, 6) is 1.06. The van der Waals surface area contributed by atoms with Crippen LogP contribution in [-0.2, 0) is 33.8 Å². The quantitative estimate of drug-likeness (QED) is 0.417. The first-order valence-corrected chi connectivity index (χ1v) is 13.5. The summed E-state index contributed by atoms with van der Waals surface area (Å²) < 4.78 is 24.7. The van der Waals surface area contributed by atoms with Crippen molar-refractivity contribution in [3.63, 3.8) is 0 Å². The van der Waals surface area contributed by atoms with E-state index in [0.29, 0.717) is 36.7 Å². The van der Waals surface area contributed by atoms with E-state index in [0.717, 1.165) is 35.1 Å². The zero-order valence-electron chi connectivity index (χ0n) is 22.3. The maximum atomic E-state index is 13.0. The predicted octanol–water partition coefficient (Wildman–Crippen LogP) is 4.54. The molecule has 2 aliphatic heterocycles. The molecule has 0 saturated heterocycles. The lowest BCUT2D eigenvalue weighted by Crippen LogP contribution is -2.31. The molecule has 1 aliphatic carbocycles. The van der Waals surface area contributed by atoms with Crippen molar-refractivity contribution in [3.8, 4) is 22.9 Å². The van der Waals surface area contributed by atoms with Crippen LogP contribution in [0.1, 0.15) is 24.0 Å². The average molecular weight is 552 g/mol. The van der Waals surface area contributed by atoms with Crippen LogP contribution in [0.3, 0.4) is 0 Å². The molecular weight excluding hydrogens is 522 g/mol. The van der Waals surface area contributed by atoms with Crippen LogP contribution in [0.2, 0.25) is 0 Å². The number of rotatable bonds is 9. The number of aryl methyl sites for hydroxylation is 1. The molecule has 1 atom stereocenters. The van der Waals surface area contributed by atoms with Crippen LogP contribution < -0.4 is 20.5 Å². The van der Waals surface area contributed by atoms with Crippen molar-refractivity contribution >= 4 is 5.91 Å². The van der Waals surface area contributed by atoms with Crippen molar-refractivity contribution < 1.29 is 23.7 Å². The number of nitrogens with zero attached hydrogens (tertiary/aromatic N) is 2. The Labute approximate surface area is 237 Å². The van der Waals surface area contributed by atoms with E-state index in [-0.39, 0.29) is 24.1 Å². The van der Waals surface area contributed by atoms with E-state index >= 15 is 0 Å². The first kappa shape index (κ1) is 26.2. The highest BCUT2D eigenvalue weighted by atomic mass is 16.6. The normalized spacial score (nSPS) is 15.7. The molecule has 0 saturated carbocycles. The molecule has 1 N–H and O–H groups in total. The lowest BCUT2D eigenvalue weighted by molar-refractivity contribution is -0.123. The molecule has 3 aromatic rings. The largest absolute Gasteiger partial charge is 0.484 e. The summed E-state index contributed by atoms with van der Waals surface area (Å²) in [7, 11) is 0. The van der Waals surface area contributed by atoms with E-state index in [1.165, 1.54) is 18.8 Å².